The summed E-state index contributed by atoms with van der Waals surface area (Å²) in [6, 6.07) is 10.3. The summed E-state index contributed by atoms with van der Waals surface area (Å²) in [5.41, 5.74) is 1.61. The van der Waals surface area contributed by atoms with Crippen LogP contribution in [-0.2, 0) is 6.54 Å². The zero-order valence-corrected chi connectivity index (χ0v) is 19.7. The largest absolute Gasteiger partial charge is 0.341 e. The summed E-state index contributed by atoms with van der Waals surface area (Å²) in [5.74, 6) is 1.66. The molecule has 2 aromatic heterocycles. The van der Waals surface area contributed by atoms with E-state index >= 15 is 0 Å². The van der Waals surface area contributed by atoms with Gasteiger partial charge >= 0.3 is 0 Å². The number of nitro benzene ring substituents is 1. The lowest BCUT2D eigenvalue weighted by Crippen LogP contribution is -2.34. The minimum atomic E-state index is -0.396. The predicted molar refractivity (Wildman–Crippen MR) is 133 cm³/mol. The third-order valence-electron chi connectivity index (χ3n) is 6.42. The molecular weight excluding hydrogens is 446 g/mol. The number of non-ortho nitro benzene ring substituents is 1. The fourth-order valence-corrected chi connectivity index (χ4v) is 4.58. The Bertz CT molecular complexity index is 1160. The molecule has 0 saturated carbocycles. The highest BCUT2D eigenvalue weighted by atomic mass is 16.6. The molecule has 11 heteroatoms. The van der Waals surface area contributed by atoms with Crippen molar-refractivity contribution < 1.29 is 4.92 Å². The minimum absolute atomic E-state index is 0.0458. The fraction of sp³-hybridized carbons (Fsp3) is 0.458. The summed E-state index contributed by atoms with van der Waals surface area (Å²) in [7, 11) is 0. The fourth-order valence-electron chi connectivity index (χ4n) is 4.58. The van der Waals surface area contributed by atoms with Crippen LogP contribution in [0.15, 0.2) is 52.8 Å². The van der Waals surface area contributed by atoms with E-state index in [2.05, 4.69) is 30.0 Å². The number of azo groups is 1. The van der Waals surface area contributed by atoms with Gasteiger partial charge < -0.3 is 14.4 Å². The molecule has 2 fully saturated rings. The Labute approximate surface area is 203 Å². The molecule has 11 nitrogen and oxygen atoms in total. The van der Waals surface area contributed by atoms with Crippen LogP contribution < -0.4 is 9.80 Å². The summed E-state index contributed by atoms with van der Waals surface area (Å²) in [6.07, 6.45) is 8.86. The van der Waals surface area contributed by atoms with Crippen LogP contribution in [0.4, 0.5) is 23.5 Å². The van der Waals surface area contributed by atoms with Crippen molar-refractivity contribution in [2.24, 2.45) is 10.2 Å². The van der Waals surface area contributed by atoms with Crippen LogP contribution in [0.3, 0.4) is 0 Å². The predicted octanol–water partition coefficient (Wildman–Crippen LogP) is 4.84. The molecule has 0 amide bonds. The van der Waals surface area contributed by atoms with Crippen molar-refractivity contribution in [1.29, 1.82) is 0 Å². The van der Waals surface area contributed by atoms with E-state index < -0.39 is 4.92 Å². The Morgan fingerprint density at radius 1 is 0.857 bits per heavy atom. The quantitative estimate of drug-likeness (QED) is 0.273. The van der Waals surface area contributed by atoms with Crippen molar-refractivity contribution >= 4 is 23.5 Å². The van der Waals surface area contributed by atoms with Crippen LogP contribution in [0.2, 0.25) is 0 Å². The smallest absolute Gasteiger partial charge is 0.275 e. The van der Waals surface area contributed by atoms with Gasteiger partial charge in [0.05, 0.1) is 10.6 Å². The van der Waals surface area contributed by atoms with Gasteiger partial charge in [0.2, 0.25) is 11.9 Å². The second kappa shape index (κ2) is 10.6. The summed E-state index contributed by atoms with van der Waals surface area (Å²) < 4.78 is 1.87. The molecule has 0 unspecified atom stereocenters. The number of anilines is 2. The van der Waals surface area contributed by atoms with Gasteiger partial charge in [0, 0.05) is 50.2 Å². The van der Waals surface area contributed by atoms with Crippen LogP contribution in [0.1, 0.15) is 44.2 Å². The monoisotopic (exact) mass is 475 g/mol. The lowest BCUT2D eigenvalue weighted by molar-refractivity contribution is -0.384. The minimum Gasteiger partial charge on any atom is -0.341 e. The lowest BCUT2D eigenvalue weighted by atomic mass is 10.1. The maximum atomic E-state index is 11.2. The van der Waals surface area contributed by atoms with Gasteiger partial charge in [-0.05, 0) is 56.7 Å². The summed E-state index contributed by atoms with van der Waals surface area (Å²) in [5, 5.41) is 19.9. The maximum absolute atomic E-state index is 11.2. The normalized spacial score (nSPS) is 16.7. The van der Waals surface area contributed by atoms with Gasteiger partial charge in [-0.2, -0.15) is 20.1 Å². The van der Waals surface area contributed by atoms with Crippen molar-refractivity contribution in [2.75, 3.05) is 36.0 Å². The number of nitrogens with zero attached hydrogens (tertiary/aromatic N) is 9. The van der Waals surface area contributed by atoms with Crippen molar-refractivity contribution in [2.45, 2.75) is 45.1 Å². The van der Waals surface area contributed by atoms with Gasteiger partial charge in [-0.3, -0.25) is 10.1 Å². The Morgan fingerprint density at radius 3 is 2.14 bits per heavy atom. The second-order valence-electron chi connectivity index (χ2n) is 8.88. The van der Waals surface area contributed by atoms with E-state index in [0.29, 0.717) is 30.1 Å². The third-order valence-corrected chi connectivity index (χ3v) is 6.42. The highest BCUT2D eigenvalue weighted by Gasteiger charge is 2.20. The zero-order chi connectivity index (χ0) is 24.0. The highest BCUT2D eigenvalue weighted by molar-refractivity contribution is 5.45. The molecule has 5 rings (SSSR count). The lowest BCUT2D eigenvalue weighted by Gasteiger charge is -2.29. The van der Waals surface area contributed by atoms with Gasteiger partial charge in [0.25, 0.3) is 11.6 Å². The van der Waals surface area contributed by atoms with Crippen LogP contribution >= 0.6 is 0 Å². The standard InChI is InChI=1S/C24H29N9O2/c34-33(35)20-10-7-9-19(17-20)32-16-8-11-21(32)18-25-29-22-26-23(30-12-3-1-4-13-30)28-24(27-22)31-14-5-2-6-15-31/h7-11,16-17H,1-6,12-15,18H2. The molecule has 1 aromatic carbocycles. The molecular formula is C24H29N9O2. The first-order valence-electron chi connectivity index (χ1n) is 12.2. The average Bonchev–Trinajstić information content (AvgIpc) is 3.38. The van der Waals surface area contributed by atoms with E-state index in [1.54, 1.807) is 12.1 Å². The second-order valence-corrected chi connectivity index (χ2v) is 8.88. The first kappa shape index (κ1) is 22.9. The van der Waals surface area contributed by atoms with Crippen molar-refractivity contribution in [3.05, 3.63) is 58.4 Å². The third kappa shape index (κ3) is 5.44. The van der Waals surface area contributed by atoms with Gasteiger partial charge in [0.15, 0.2) is 0 Å². The first-order valence-corrected chi connectivity index (χ1v) is 12.2. The van der Waals surface area contributed by atoms with E-state index in [1.807, 2.05) is 29.0 Å². The Morgan fingerprint density at radius 2 is 1.51 bits per heavy atom. The number of piperidine rings is 2. The van der Waals surface area contributed by atoms with Gasteiger partial charge in [-0.15, -0.1) is 5.11 Å². The molecule has 4 heterocycles. The summed E-state index contributed by atoms with van der Waals surface area (Å²) >= 11 is 0. The van der Waals surface area contributed by atoms with Gasteiger partial charge in [-0.25, -0.2) is 0 Å². The molecule has 2 aliphatic heterocycles. The Balaban J connectivity index is 1.38. The van der Waals surface area contributed by atoms with Crippen LogP contribution in [0, 0.1) is 10.1 Å². The first-order chi connectivity index (χ1) is 17.2. The Kier molecular flexibility index (Phi) is 6.92. The van der Waals surface area contributed by atoms with E-state index in [0.717, 1.165) is 57.6 Å². The topological polar surface area (TPSA) is 118 Å². The molecule has 0 aliphatic carbocycles. The molecule has 35 heavy (non-hydrogen) atoms. The molecule has 2 aliphatic rings. The van der Waals surface area contributed by atoms with Gasteiger partial charge in [0.1, 0.15) is 6.54 Å². The van der Waals surface area contributed by atoms with Gasteiger partial charge in [-0.1, -0.05) is 6.07 Å². The number of benzene rings is 1. The van der Waals surface area contributed by atoms with Crippen molar-refractivity contribution in [3.8, 4) is 5.69 Å². The highest BCUT2D eigenvalue weighted by Crippen LogP contribution is 2.24. The van der Waals surface area contributed by atoms with Crippen LogP contribution in [0.5, 0.6) is 0 Å². The molecule has 0 radical (unpaired) electrons. The number of hydrogen-bond donors (Lipinski definition) is 0. The van der Waals surface area contributed by atoms with E-state index in [-0.39, 0.29) is 5.69 Å². The average molecular weight is 476 g/mol. The number of hydrogen-bond acceptors (Lipinski definition) is 9. The number of aromatic nitrogens is 4. The maximum Gasteiger partial charge on any atom is 0.275 e. The molecule has 0 spiro atoms. The number of rotatable bonds is 7. The van der Waals surface area contributed by atoms with E-state index in [9.17, 15) is 10.1 Å². The summed E-state index contributed by atoms with van der Waals surface area (Å²) in [4.78, 5) is 29.2. The van der Waals surface area contributed by atoms with Crippen LogP contribution in [0.25, 0.3) is 5.69 Å². The van der Waals surface area contributed by atoms with E-state index in [4.69, 9.17) is 4.98 Å². The molecule has 3 aromatic rings. The molecule has 2 saturated heterocycles. The Hall–Kier alpha value is -3.89. The van der Waals surface area contributed by atoms with Crippen LogP contribution in [-0.4, -0.2) is 50.6 Å². The summed E-state index contributed by atoms with van der Waals surface area (Å²) in [6.45, 7) is 4.06. The SMILES string of the molecule is O=[N+]([O-])c1cccc(-n2cccc2CN=Nc2nc(N3CCCCC3)nc(N3CCCCC3)n2)c1. The molecule has 0 N–H and O–H groups in total. The molecule has 182 valence electrons. The molecule has 0 atom stereocenters. The number of nitro groups is 1. The van der Waals surface area contributed by atoms with E-state index in [1.165, 1.54) is 18.9 Å². The van der Waals surface area contributed by atoms with Crippen molar-refractivity contribution in [1.82, 2.24) is 19.5 Å². The molecule has 0 bridgehead atoms. The van der Waals surface area contributed by atoms with Crippen molar-refractivity contribution in [3.63, 3.8) is 0 Å². The zero-order valence-electron chi connectivity index (χ0n) is 19.7.